The quantitative estimate of drug-likeness (QED) is 0.709. The van der Waals surface area contributed by atoms with Crippen LogP contribution in [0, 0.1) is 5.41 Å². The highest BCUT2D eigenvalue weighted by Crippen LogP contribution is 2.45. The molecule has 1 aliphatic heterocycles. The van der Waals surface area contributed by atoms with Gasteiger partial charge in [-0.1, -0.05) is 12.8 Å². The zero-order valence-electron chi connectivity index (χ0n) is 9.55. The predicted octanol–water partition coefficient (Wildman–Crippen LogP) is 1.86. The molecule has 3 nitrogen and oxygen atoms in total. The lowest BCUT2D eigenvalue weighted by Gasteiger charge is -2.47. The van der Waals surface area contributed by atoms with Crippen LogP contribution in [0.1, 0.15) is 44.9 Å². The largest absolute Gasteiger partial charge is 0.469 e. The monoisotopic (exact) mass is 211 g/mol. The number of esters is 1. The van der Waals surface area contributed by atoms with Crippen LogP contribution in [0.2, 0.25) is 0 Å². The van der Waals surface area contributed by atoms with Crippen molar-refractivity contribution in [3.8, 4) is 0 Å². The first-order valence-electron chi connectivity index (χ1n) is 6.07. The second kappa shape index (κ2) is 4.52. The zero-order valence-corrected chi connectivity index (χ0v) is 9.55. The highest BCUT2D eigenvalue weighted by Gasteiger charge is 2.43. The number of carbonyl (C=O) groups excluding carboxylic acids is 1. The number of methoxy groups -OCH3 is 1. The van der Waals surface area contributed by atoms with Crippen molar-refractivity contribution < 1.29 is 9.53 Å². The van der Waals surface area contributed by atoms with Gasteiger partial charge in [0.2, 0.25) is 0 Å². The van der Waals surface area contributed by atoms with E-state index in [1.54, 1.807) is 0 Å². The molecule has 86 valence electrons. The highest BCUT2D eigenvalue weighted by atomic mass is 16.5. The minimum absolute atomic E-state index is 0.0365. The standard InChI is InChI=1S/C12H21NO2/c1-15-11(14)9-12-6-3-2-5-10(12)13-8-4-7-12/h10,13H,2-9H2,1H3/t10-,12+/m0/s1. The van der Waals surface area contributed by atoms with Crippen molar-refractivity contribution in [2.45, 2.75) is 51.0 Å². The molecule has 0 aromatic carbocycles. The van der Waals surface area contributed by atoms with E-state index in [-0.39, 0.29) is 11.4 Å². The lowest BCUT2D eigenvalue weighted by atomic mass is 9.64. The molecule has 2 rings (SSSR count). The Morgan fingerprint density at radius 1 is 1.40 bits per heavy atom. The average molecular weight is 211 g/mol. The molecule has 1 N–H and O–H groups in total. The molecular weight excluding hydrogens is 190 g/mol. The zero-order chi connectivity index (χ0) is 10.7. The number of nitrogens with one attached hydrogen (secondary N) is 1. The maximum absolute atomic E-state index is 11.5. The Kier molecular flexibility index (Phi) is 3.29. The van der Waals surface area contributed by atoms with E-state index >= 15 is 0 Å². The number of hydrogen-bond donors (Lipinski definition) is 1. The van der Waals surface area contributed by atoms with Crippen molar-refractivity contribution >= 4 is 5.97 Å². The smallest absolute Gasteiger partial charge is 0.306 e. The SMILES string of the molecule is COC(=O)C[C@]12CCCC[C@@H]1NCCC2. The molecule has 2 aliphatic rings. The van der Waals surface area contributed by atoms with Crippen LogP contribution in [0.5, 0.6) is 0 Å². The summed E-state index contributed by atoms with van der Waals surface area (Å²) in [4.78, 5) is 11.5. The highest BCUT2D eigenvalue weighted by molar-refractivity contribution is 5.70. The molecule has 0 amide bonds. The number of piperidine rings is 1. The van der Waals surface area contributed by atoms with E-state index in [9.17, 15) is 4.79 Å². The van der Waals surface area contributed by atoms with Crippen molar-refractivity contribution in [2.24, 2.45) is 5.41 Å². The molecule has 1 saturated heterocycles. The molecule has 2 atom stereocenters. The fourth-order valence-corrected chi connectivity index (χ4v) is 3.30. The van der Waals surface area contributed by atoms with Crippen LogP contribution in [0.3, 0.4) is 0 Å². The molecule has 3 heteroatoms. The van der Waals surface area contributed by atoms with E-state index in [1.165, 1.54) is 45.6 Å². The third kappa shape index (κ3) is 2.17. The summed E-state index contributed by atoms with van der Waals surface area (Å²) in [5.41, 5.74) is 0.212. The van der Waals surface area contributed by atoms with Crippen molar-refractivity contribution in [3.05, 3.63) is 0 Å². The fourth-order valence-electron chi connectivity index (χ4n) is 3.30. The van der Waals surface area contributed by atoms with Gasteiger partial charge in [0, 0.05) is 6.04 Å². The molecule has 0 bridgehead atoms. The third-order valence-corrected chi connectivity index (χ3v) is 4.12. The van der Waals surface area contributed by atoms with E-state index in [4.69, 9.17) is 4.74 Å². The van der Waals surface area contributed by atoms with Gasteiger partial charge in [-0.3, -0.25) is 4.79 Å². The van der Waals surface area contributed by atoms with E-state index in [1.807, 2.05) is 0 Å². The number of carbonyl (C=O) groups is 1. The van der Waals surface area contributed by atoms with Gasteiger partial charge in [-0.15, -0.1) is 0 Å². The third-order valence-electron chi connectivity index (χ3n) is 4.12. The maximum Gasteiger partial charge on any atom is 0.306 e. The molecule has 1 aliphatic carbocycles. The van der Waals surface area contributed by atoms with E-state index in [2.05, 4.69) is 5.32 Å². The Labute approximate surface area is 91.6 Å². The van der Waals surface area contributed by atoms with Gasteiger partial charge in [-0.2, -0.15) is 0 Å². The van der Waals surface area contributed by atoms with Crippen LogP contribution in [0.25, 0.3) is 0 Å². The first-order valence-corrected chi connectivity index (χ1v) is 6.07. The van der Waals surface area contributed by atoms with Crippen molar-refractivity contribution in [1.29, 1.82) is 0 Å². The summed E-state index contributed by atoms with van der Waals surface area (Å²) in [7, 11) is 1.49. The lowest BCUT2D eigenvalue weighted by Crippen LogP contribution is -2.52. The number of rotatable bonds is 2. The fraction of sp³-hybridized carbons (Fsp3) is 0.917. The number of ether oxygens (including phenoxy) is 1. The summed E-state index contributed by atoms with van der Waals surface area (Å²) < 4.78 is 4.83. The molecule has 2 fully saturated rings. The van der Waals surface area contributed by atoms with Crippen LogP contribution in [-0.2, 0) is 9.53 Å². The summed E-state index contributed by atoms with van der Waals surface area (Å²) in [6, 6.07) is 0.555. The van der Waals surface area contributed by atoms with Gasteiger partial charge in [-0.05, 0) is 37.6 Å². The number of hydrogen-bond acceptors (Lipinski definition) is 3. The van der Waals surface area contributed by atoms with Gasteiger partial charge in [0.1, 0.15) is 0 Å². The van der Waals surface area contributed by atoms with Gasteiger partial charge < -0.3 is 10.1 Å². The van der Waals surface area contributed by atoms with Crippen LogP contribution in [0.15, 0.2) is 0 Å². The van der Waals surface area contributed by atoms with Crippen LogP contribution in [-0.4, -0.2) is 25.7 Å². The molecular formula is C12H21NO2. The Hall–Kier alpha value is -0.570. The predicted molar refractivity (Wildman–Crippen MR) is 58.6 cm³/mol. The molecule has 0 radical (unpaired) electrons. The lowest BCUT2D eigenvalue weighted by molar-refractivity contribution is -0.145. The van der Waals surface area contributed by atoms with E-state index in [0.717, 1.165) is 6.54 Å². The second-order valence-electron chi connectivity index (χ2n) is 4.97. The second-order valence-corrected chi connectivity index (χ2v) is 4.97. The molecule has 0 aromatic heterocycles. The van der Waals surface area contributed by atoms with Crippen LogP contribution in [0.4, 0.5) is 0 Å². The van der Waals surface area contributed by atoms with Gasteiger partial charge >= 0.3 is 5.97 Å². The van der Waals surface area contributed by atoms with Gasteiger partial charge in [0.05, 0.1) is 13.5 Å². The maximum atomic E-state index is 11.5. The van der Waals surface area contributed by atoms with Crippen molar-refractivity contribution in [2.75, 3.05) is 13.7 Å². The van der Waals surface area contributed by atoms with E-state index < -0.39 is 0 Å². The van der Waals surface area contributed by atoms with Gasteiger partial charge in [0.25, 0.3) is 0 Å². The van der Waals surface area contributed by atoms with Gasteiger partial charge in [0.15, 0.2) is 0 Å². The van der Waals surface area contributed by atoms with Crippen molar-refractivity contribution in [3.63, 3.8) is 0 Å². The summed E-state index contributed by atoms with van der Waals surface area (Å²) in [5, 5.41) is 3.58. The topological polar surface area (TPSA) is 38.3 Å². The summed E-state index contributed by atoms with van der Waals surface area (Å²) in [6.07, 6.45) is 8.01. The van der Waals surface area contributed by atoms with Crippen molar-refractivity contribution in [1.82, 2.24) is 5.32 Å². The van der Waals surface area contributed by atoms with Crippen LogP contribution < -0.4 is 5.32 Å². The summed E-state index contributed by atoms with van der Waals surface area (Å²) in [5.74, 6) is -0.0365. The summed E-state index contributed by atoms with van der Waals surface area (Å²) in [6.45, 7) is 1.12. The Morgan fingerprint density at radius 3 is 3.00 bits per heavy atom. The molecule has 0 spiro atoms. The Balaban J connectivity index is 2.08. The molecule has 1 heterocycles. The van der Waals surface area contributed by atoms with E-state index in [0.29, 0.717) is 12.5 Å². The number of fused-ring (bicyclic) bond motifs is 1. The Morgan fingerprint density at radius 2 is 2.20 bits per heavy atom. The first kappa shape index (κ1) is 10.9. The minimum Gasteiger partial charge on any atom is -0.469 e. The minimum atomic E-state index is -0.0365. The van der Waals surface area contributed by atoms with Crippen LogP contribution >= 0.6 is 0 Å². The normalized spacial score (nSPS) is 35.7. The summed E-state index contributed by atoms with van der Waals surface area (Å²) >= 11 is 0. The Bertz CT molecular complexity index is 228. The molecule has 1 saturated carbocycles. The first-order chi connectivity index (χ1) is 7.27. The molecule has 0 unspecified atom stereocenters. The molecule has 15 heavy (non-hydrogen) atoms. The van der Waals surface area contributed by atoms with Gasteiger partial charge in [-0.25, -0.2) is 0 Å². The average Bonchev–Trinajstić information content (AvgIpc) is 2.28. The molecule has 0 aromatic rings.